The number of carbonyl (C=O) groups excluding carboxylic acids is 2. The first-order valence-electron chi connectivity index (χ1n) is 7.89. The molecule has 3 rings (SSSR count). The zero-order valence-electron chi connectivity index (χ0n) is 14.0. The van der Waals surface area contributed by atoms with Gasteiger partial charge in [0.25, 0.3) is 5.91 Å². The van der Waals surface area contributed by atoms with E-state index in [0.29, 0.717) is 5.69 Å². The van der Waals surface area contributed by atoms with E-state index in [9.17, 15) is 19.7 Å². The Morgan fingerprint density at radius 1 is 0.963 bits per heavy atom. The van der Waals surface area contributed by atoms with Crippen molar-refractivity contribution in [1.29, 1.82) is 0 Å². The molecule has 1 heterocycles. The quantitative estimate of drug-likeness (QED) is 0.405. The Morgan fingerprint density at radius 2 is 1.63 bits per heavy atom. The van der Waals surface area contributed by atoms with E-state index in [2.05, 4.69) is 5.32 Å². The van der Waals surface area contributed by atoms with Gasteiger partial charge in [-0.1, -0.05) is 42.5 Å². The molecule has 2 aromatic carbocycles. The van der Waals surface area contributed by atoms with E-state index in [1.807, 2.05) is 42.5 Å². The fourth-order valence-electron chi connectivity index (χ4n) is 2.31. The molecule has 0 radical (unpaired) electrons. The number of ether oxygens (including phenoxy) is 1. The maximum absolute atomic E-state index is 11.9. The molecule has 1 aromatic heterocycles. The number of hydrogen-bond acceptors (Lipinski definition) is 6. The molecule has 0 unspecified atom stereocenters. The number of rotatable bonds is 6. The van der Waals surface area contributed by atoms with Gasteiger partial charge in [0.1, 0.15) is 4.92 Å². The number of esters is 1. The van der Waals surface area contributed by atoms with Crippen LogP contribution >= 0.6 is 0 Å². The minimum absolute atomic E-state index is 0.346. The van der Waals surface area contributed by atoms with Crippen LogP contribution in [0, 0.1) is 10.1 Å². The van der Waals surface area contributed by atoms with E-state index in [1.54, 1.807) is 12.1 Å². The molecule has 1 N–H and O–H groups in total. The van der Waals surface area contributed by atoms with Crippen molar-refractivity contribution in [2.75, 3.05) is 11.9 Å². The summed E-state index contributed by atoms with van der Waals surface area (Å²) < 4.78 is 9.49. The lowest BCUT2D eigenvalue weighted by Crippen LogP contribution is -2.20. The standard InChI is InChI=1S/C19H14N2O6/c22-17(12-26-19(23)16-10-11-18(27-16)21(24)25)20-15-8-6-14(7-9-15)13-4-2-1-3-5-13/h1-11H,12H2,(H,20,22). The lowest BCUT2D eigenvalue weighted by atomic mass is 10.1. The molecule has 0 saturated carbocycles. The summed E-state index contributed by atoms with van der Waals surface area (Å²) in [5.74, 6) is -2.43. The van der Waals surface area contributed by atoms with Crippen LogP contribution in [-0.2, 0) is 9.53 Å². The van der Waals surface area contributed by atoms with Crippen LogP contribution in [0.25, 0.3) is 11.1 Å². The molecule has 8 nitrogen and oxygen atoms in total. The van der Waals surface area contributed by atoms with Crippen molar-refractivity contribution in [3.8, 4) is 11.1 Å². The highest BCUT2D eigenvalue weighted by Crippen LogP contribution is 2.21. The molecular formula is C19H14N2O6. The second-order valence-corrected chi connectivity index (χ2v) is 5.46. The third-order valence-electron chi connectivity index (χ3n) is 3.58. The van der Waals surface area contributed by atoms with Gasteiger partial charge in [0.15, 0.2) is 6.61 Å². The van der Waals surface area contributed by atoms with Crippen LogP contribution < -0.4 is 5.32 Å². The van der Waals surface area contributed by atoms with Gasteiger partial charge in [-0.05, 0) is 29.3 Å². The lowest BCUT2D eigenvalue weighted by Gasteiger charge is -2.07. The maximum Gasteiger partial charge on any atom is 0.433 e. The summed E-state index contributed by atoms with van der Waals surface area (Å²) in [6.07, 6.45) is 0. The first kappa shape index (κ1) is 17.9. The molecule has 0 fully saturated rings. The molecule has 136 valence electrons. The number of anilines is 1. The number of hydrogen-bond donors (Lipinski definition) is 1. The predicted molar refractivity (Wildman–Crippen MR) is 96.2 cm³/mol. The summed E-state index contributed by atoms with van der Waals surface area (Å²) in [6, 6.07) is 19.1. The fourth-order valence-corrected chi connectivity index (χ4v) is 2.31. The molecule has 0 spiro atoms. The first-order chi connectivity index (χ1) is 13.0. The second-order valence-electron chi connectivity index (χ2n) is 5.46. The SMILES string of the molecule is O=C(COC(=O)c1ccc([N+](=O)[O-])o1)Nc1ccc(-c2ccccc2)cc1. The Balaban J connectivity index is 1.53. The van der Waals surface area contributed by atoms with Crippen molar-refractivity contribution in [2.24, 2.45) is 0 Å². The average Bonchev–Trinajstić information content (AvgIpc) is 3.18. The van der Waals surface area contributed by atoms with Crippen LogP contribution in [0.5, 0.6) is 0 Å². The van der Waals surface area contributed by atoms with Gasteiger partial charge in [-0.15, -0.1) is 0 Å². The second kappa shape index (κ2) is 7.96. The highest BCUT2D eigenvalue weighted by molar-refractivity contribution is 5.94. The molecular weight excluding hydrogens is 352 g/mol. The van der Waals surface area contributed by atoms with Crippen molar-refractivity contribution in [1.82, 2.24) is 0 Å². The molecule has 27 heavy (non-hydrogen) atoms. The summed E-state index contributed by atoms with van der Waals surface area (Å²) in [7, 11) is 0. The summed E-state index contributed by atoms with van der Waals surface area (Å²) in [5, 5.41) is 13.1. The average molecular weight is 366 g/mol. The number of nitro groups is 1. The Hall–Kier alpha value is -3.94. The molecule has 0 aliphatic rings. The molecule has 8 heteroatoms. The number of carbonyl (C=O) groups is 2. The van der Waals surface area contributed by atoms with Gasteiger partial charge in [0, 0.05) is 5.69 Å². The van der Waals surface area contributed by atoms with Crippen LogP contribution in [0.2, 0.25) is 0 Å². The Kier molecular flexibility index (Phi) is 5.27. The Bertz CT molecular complexity index is 963. The fraction of sp³-hybridized carbons (Fsp3) is 0.0526. The molecule has 0 saturated heterocycles. The van der Waals surface area contributed by atoms with Crippen molar-refractivity contribution >= 4 is 23.4 Å². The van der Waals surface area contributed by atoms with Gasteiger partial charge in [-0.2, -0.15) is 0 Å². The van der Waals surface area contributed by atoms with E-state index in [1.165, 1.54) is 0 Å². The normalized spacial score (nSPS) is 10.2. The van der Waals surface area contributed by atoms with Gasteiger partial charge in [-0.3, -0.25) is 14.9 Å². The predicted octanol–water partition coefficient (Wildman–Crippen LogP) is 3.65. The summed E-state index contributed by atoms with van der Waals surface area (Å²) >= 11 is 0. The topological polar surface area (TPSA) is 112 Å². The molecule has 0 atom stereocenters. The largest absolute Gasteiger partial charge is 0.450 e. The van der Waals surface area contributed by atoms with E-state index >= 15 is 0 Å². The number of furan rings is 1. The monoisotopic (exact) mass is 366 g/mol. The van der Waals surface area contributed by atoms with Crippen LogP contribution in [0.1, 0.15) is 10.6 Å². The summed E-state index contributed by atoms with van der Waals surface area (Å²) in [5.41, 5.74) is 2.60. The van der Waals surface area contributed by atoms with Crippen LogP contribution in [0.3, 0.4) is 0 Å². The number of benzene rings is 2. The van der Waals surface area contributed by atoms with Gasteiger partial charge in [0.2, 0.25) is 5.76 Å². The number of nitrogens with one attached hydrogen (secondary N) is 1. The van der Waals surface area contributed by atoms with E-state index in [0.717, 1.165) is 23.3 Å². The van der Waals surface area contributed by atoms with E-state index in [4.69, 9.17) is 9.15 Å². The van der Waals surface area contributed by atoms with Gasteiger partial charge >= 0.3 is 11.9 Å². The smallest absolute Gasteiger partial charge is 0.433 e. The molecule has 3 aromatic rings. The van der Waals surface area contributed by atoms with Crippen LogP contribution in [0.15, 0.2) is 71.1 Å². The van der Waals surface area contributed by atoms with E-state index in [-0.39, 0.29) is 5.76 Å². The lowest BCUT2D eigenvalue weighted by molar-refractivity contribution is -0.402. The minimum Gasteiger partial charge on any atom is -0.450 e. The van der Waals surface area contributed by atoms with Gasteiger partial charge in [0.05, 0.1) is 6.07 Å². The third kappa shape index (κ3) is 4.57. The highest BCUT2D eigenvalue weighted by atomic mass is 16.7. The van der Waals surface area contributed by atoms with Crippen LogP contribution in [0.4, 0.5) is 11.6 Å². The van der Waals surface area contributed by atoms with Crippen molar-refractivity contribution in [3.05, 3.63) is 82.6 Å². The van der Waals surface area contributed by atoms with Crippen LogP contribution in [-0.4, -0.2) is 23.4 Å². The zero-order chi connectivity index (χ0) is 19.2. The zero-order valence-corrected chi connectivity index (χ0v) is 14.0. The molecule has 1 amide bonds. The molecule has 0 aliphatic carbocycles. The van der Waals surface area contributed by atoms with Crippen molar-refractivity contribution in [3.63, 3.8) is 0 Å². The van der Waals surface area contributed by atoms with E-state index < -0.39 is 29.3 Å². The first-order valence-corrected chi connectivity index (χ1v) is 7.89. The highest BCUT2D eigenvalue weighted by Gasteiger charge is 2.19. The van der Waals surface area contributed by atoms with Crippen molar-refractivity contribution in [2.45, 2.75) is 0 Å². The Labute approximate surface area is 153 Å². The number of amides is 1. The van der Waals surface area contributed by atoms with Gasteiger partial charge in [-0.25, -0.2) is 4.79 Å². The minimum atomic E-state index is -0.960. The number of nitrogens with zero attached hydrogens (tertiary/aromatic N) is 1. The third-order valence-corrected chi connectivity index (χ3v) is 3.58. The summed E-state index contributed by atoms with van der Waals surface area (Å²) in [4.78, 5) is 33.4. The maximum atomic E-state index is 11.9. The summed E-state index contributed by atoms with van der Waals surface area (Å²) in [6.45, 7) is -0.548. The molecule has 0 aliphatic heterocycles. The Morgan fingerprint density at radius 3 is 2.26 bits per heavy atom. The van der Waals surface area contributed by atoms with Gasteiger partial charge < -0.3 is 14.5 Å². The van der Waals surface area contributed by atoms with Crippen molar-refractivity contribution < 1.29 is 23.7 Å². The molecule has 0 bridgehead atoms.